The van der Waals surface area contributed by atoms with Crippen molar-refractivity contribution in [3.63, 3.8) is 0 Å². The molecule has 0 fully saturated rings. The zero-order valence-electron chi connectivity index (χ0n) is 26.7. The second kappa shape index (κ2) is 15.0. The first-order valence-corrected chi connectivity index (χ1v) is 14.6. The number of fused-ring (bicyclic) bond motifs is 4. The Hall–Kier alpha value is -3.42. The van der Waals surface area contributed by atoms with Gasteiger partial charge in [0.05, 0.1) is 24.5 Å². The van der Waals surface area contributed by atoms with E-state index in [9.17, 15) is 19.8 Å². The number of primary amides is 1. The summed E-state index contributed by atoms with van der Waals surface area (Å²) < 4.78 is 22.5. The predicted molar refractivity (Wildman–Crippen MR) is 163 cm³/mol. The lowest BCUT2D eigenvalue weighted by molar-refractivity contribution is -0.361. The van der Waals surface area contributed by atoms with Gasteiger partial charge in [-0.05, 0) is 58.1 Å². The molecule has 0 saturated heterocycles. The average Bonchev–Trinajstić information content (AvgIpc) is 3.11. The van der Waals surface area contributed by atoms with Crippen LogP contribution in [0.15, 0.2) is 41.5 Å². The monoisotopic (exact) mass is 618 g/mol. The Morgan fingerprint density at radius 3 is 2.52 bits per heavy atom. The zero-order valence-corrected chi connectivity index (χ0v) is 26.7. The fraction of sp³-hybridized carbons (Fsp3) is 0.562. The first-order valence-electron chi connectivity index (χ1n) is 14.6. The molecule has 6 atom stereocenters. The standard InChI is InChI=1S/C32H46N2O10/c1-17-12-22-27(36)23(15-21-16-41-32(5,6)44-43-29(21)22)34-30(37)18(2)10-9-11-24(39-7)28(42-31(33)38)20(4)14-19(3)26(35)25(13-17)40-8/h9-11,14-15,17,19,24-26,28,35-36H,12-13,16H2,1-8H3,(H2,33,38)(H,34,37)/t17-,19-,24-,25-,26+,28-/m0/s1. The maximum atomic E-state index is 13.2. The van der Waals surface area contributed by atoms with Crippen molar-refractivity contribution in [1.29, 1.82) is 0 Å². The number of hydrogen-bond acceptors (Lipinski definition) is 10. The molecule has 2 bridgehead atoms. The molecule has 1 aromatic carbocycles. The van der Waals surface area contributed by atoms with Gasteiger partial charge in [0.1, 0.15) is 11.9 Å². The highest BCUT2D eigenvalue weighted by atomic mass is 17.2. The number of benzene rings is 1. The van der Waals surface area contributed by atoms with E-state index in [0.717, 1.165) is 0 Å². The van der Waals surface area contributed by atoms with Crippen LogP contribution in [0.5, 0.6) is 11.5 Å². The van der Waals surface area contributed by atoms with Crippen molar-refractivity contribution in [1.82, 2.24) is 0 Å². The maximum Gasteiger partial charge on any atom is 0.405 e. The second-order valence-corrected chi connectivity index (χ2v) is 11.9. The molecule has 0 radical (unpaired) electrons. The number of phenols is 1. The lowest BCUT2D eigenvalue weighted by atomic mass is 9.87. The molecule has 12 nitrogen and oxygen atoms in total. The molecule has 0 saturated carbocycles. The van der Waals surface area contributed by atoms with Crippen LogP contribution >= 0.6 is 0 Å². The number of carbonyl (C=O) groups is 2. The molecule has 2 heterocycles. The van der Waals surface area contributed by atoms with Crippen LogP contribution in [0.2, 0.25) is 0 Å². The third kappa shape index (κ3) is 8.82. The smallest absolute Gasteiger partial charge is 0.405 e. The van der Waals surface area contributed by atoms with Crippen molar-refractivity contribution in [3.05, 3.63) is 52.6 Å². The van der Waals surface area contributed by atoms with E-state index in [4.69, 9.17) is 34.5 Å². The van der Waals surface area contributed by atoms with Crippen molar-refractivity contribution in [2.45, 2.75) is 91.2 Å². The molecule has 244 valence electrons. The molecular weight excluding hydrogens is 572 g/mol. The minimum atomic E-state index is -1.05. The minimum Gasteiger partial charge on any atom is -0.505 e. The van der Waals surface area contributed by atoms with Crippen LogP contribution in [-0.4, -0.2) is 66.6 Å². The van der Waals surface area contributed by atoms with Crippen LogP contribution in [0, 0.1) is 11.8 Å². The topological polar surface area (TPSA) is 168 Å². The molecule has 3 rings (SSSR count). The number of methoxy groups -OCH3 is 2. The molecule has 44 heavy (non-hydrogen) atoms. The van der Waals surface area contributed by atoms with Gasteiger partial charge in [0.15, 0.2) is 11.9 Å². The molecule has 2 aliphatic heterocycles. The number of aliphatic hydroxyl groups is 1. The fourth-order valence-corrected chi connectivity index (χ4v) is 5.29. The van der Waals surface area contributed by atoms with Crippen molar-refractivity contribution >= 4 is 17.7 Å². The zero-order chi connectivity index (χ0) is 32.8. The Morgan fingerprint density at radius 2 is 1.89 bits per heavy atom. The summed E-state index contributed by atoms with van der Waals surface area (Å²) in [6.07, 6.45) is 3.16. The van der Waals surface area contributed by atoms with Gasteiger partial charge in [0, 0.05) is 36.8 Å². The van der Waals surface area contributed by atoms with Gasteiger partial charge in [-0.3, -0.25) is 4.79 Å². The number of allylic oxidation sites excluding steroid dienone is 2. The molecule has 1 aromatic rings. The lowest BCUT2D eigenvalue weighted by Crippen LogP contribution is -2.37. The Bertz CT molecular complexity index is 1290. The van der Waals surface area contributed by atoms with E-state index in [1.807, 2.05) is 13.8 Å². The third-order valence-corrected chi connectivity index (χ3v) is 7.78. The maximum absolute atomic E-state index is 13.2. The van der Waals surface area contributed by atoms with E-state index in [1.54, 1.807) is 58.1 Å². The Morgan fingerprint density at radius 1 is 1.18 bits per heavy atom. The van der Waals surface area contributed by atoms with E-state index in [2.05, 4.69) is 5.32 Å². The van der Waals surface area contributed by atoms with Crippen molar-refractivity contribution < 1.29 is 48.5 Å². The Kier molecular flexibility index (Phi) is 12.0. The Balaban J connectivity index is 2.13. The van der Waals surface area contributed by atoms with Gasteiger partial charge in [-0.15, -0.1) is 0 Å². The Labute approximate surface area is 258 Å². The number of carbonyl (C=O) groups excluding carboxylic acids is 2. The van der Waals surface area contributed by atoms with E-state index in [1.165, 1.54) is 14.2 Å². The molecule has 0 aliphatic carbocycles. The summed E-state index contributed by atoms with van der Waals surface area (Å²) in [4.78, 5) is 36.2. The van der Waals surface area contributed by atoms with Crippen LogP contribution in [-0.2, 0) is 41.7 Å². The number of aromatic hydroxyl groups is 1. The summed E-state index contributed by atoms with van der Waals surface area (Å²) in [6, 6.07) is 1.59. The van der Waals surface area contributed by atoms with Crippen molar-refractivity contribution in [3.8, 4) is 11.5 Å². The van der Waals surface area contributed by atoms with Crippen LogP contribution in [0.4, 0.5) is 10.5 Å². The van der Waals surface area contributed by atoms with E-state index < -0.39 is 48.1 Å². The van der Waals surface area contributed by atoms with Crippen LogP contribution in [0.25, 0.3) is 0 Å². The van der Waals surface area contributed by atoms with Gasteiger partial charge in [0.25, 0.3) is 5.91 Å². The highest BCUT2D eigenvalue weighted by molar-refractivity contribution is 6.04. The number of anilines is 1. The molecule has 2 aliphatic rings. The molecular formula is C32H46N2O10. The van der Waals surface area contributed by atoms with Gasteiger partial charge in [-0.1, -0.05) is 38.2 Å². The number of aliphatic hydroxyl groups excluding tert-OH is 1. The highest BCUT2D eigenvalue weighted by Gasteiger charge is 2.33. The quantitative estimate of drug-likeness (QED) is 0.216. The molecule has 0 unspecified atom stereocenters. The van der Waals surface area contributed by atoms with Gasteiger partial charge in [0.2, 0.25) is 5.79 Å². The van der Waals surface area contributed by atoms with Crippen LogP contribution in [0.3, 0.4) is 0 Å². The first-order chi connectivity index (χ1) is 20.7. The number of ether oxygens (including phenoxy) is 4. The molecule has 0 spiro atoms. The van der Waals surface area contributed by atoms with E-state index >= 15 is 0 Å². The number of nitrogens with one attached hydrogen (secondary N) is 1. The minimum absolute atomic E-state index is 0.111. The second-order valence-electron chi connectivity index (χ2n) is 11.9. The van der Waals surface area contributed by atoms with Crippen molar-refractivity contribution in [2.75, 3.05) is 19.5 Å². The summed E-state index contributed by atoms with van der Waals surface area (Å²) in [5, 5.41) is 25.5. The predicted octanol–water partition coefficient (Wildman–Crippen LogP) is 4.43. The summed E-state index contributed by atoms with van der Waals surface area (Å²) in [6.45, 7) is 10.7. The first kappa shape index (κ1) is 35.1. The largest absolute Gasteiger partial charge is 0.505 e. The van der Waals surface area contributed by atoms with Gasteiger partial charge in [-0.25, -0.2) is 4.79 Å². The molecule has 0 aromatic heterocycles. The summed E-state index contributed by atoms with van der Waals surface area (Å²) in [5.41, 5.74) is 7.49. The molecule has 2 amide bonds. The average molecular weight is 619 g/mol. The molecule has 12 heteroatoms. The SMILES string of the molecule is CO[C@H]1C=CC=C(C)C(=O)Nc2cc3c(c(c2O)C[C@H](C)C[C@H](OC)[C@H](O)[C@@H](C)C=C(C)[C@@H]1OC(N)=O)OOC(C)(C)OC3. The number of hydrogen-bond donors (Lipinski definition) is 4. The number of nitrogens with two attached hydrogens (primary N) is 1. The van der Waals surface area contributed by atoms with Crippen LogP contribution < -0.4 is 15.9 Å². The van der Waals surface area contributed by atoms with Crippen LogP contribution in [0.1, 0.15) is 59.1 Å². The number of rotatable bonds is 3. The third-order valence-electron chi connectivity index (χ3n) is 7.78. The van der Waals surface area contributed by atoms with Gasteiger partial charge >= 0.3 is 6.09 Å². The van der Waals surface area contributed by atoms with E-state index in [-0.39, 0.29) is 24.0 Å². The fourth-order valence-electron chi connectivity index (χ4n) is 5.29. The highest BCUT2D eigenvalue weighted by Crippen LogP contribution is 2.43. The number of amides is 2. The van der Waals surface area contributed by atoms with E-state index in [0.29, 0.717) is 40.9 Å². The normalized spacial score (nSPS) is 28.4. The molecule has 5 N–H and O–H groups in total. The number of phenolic OH excluding ortho intramolecular Hbond substituents is 1. The lowest BCUT2D eigenvalue weighted by Gasteiger charge is -2.29. The summed E-state index contributed by atoms with van der Waals surface area (Å²) in [7, 11) is 2.98. The summed E-state index contributed by atoms with van der Waals surface area (Å²) >= 11 is 0. The van der Waals surface area contributed by atoms with Gasteiger partial charge < -0.3 is 45.1 Å². The summed E-state index contributed by atoms with van der Waals surface area (Å²) in [5.74, 6) is -1.91. The van der Waals surface area contributed by atoms with Gasteiger partial charge in [-0.2, -0.15) is 4.89 Å². The van der Waals surface area contributed by atoms with Crippen molar-refractivity contribution in [2.24, 2.45) is 17.6 Å².